The fourth-order valence-corrected chi connectivity index (χ4v) is 3.14. The van der Waals surface area contributed by atoms with Crippen LogP contribution in [0.1, 0.15) is 44.2 Å². The topological polar surface area (TPSA) is 231 Å². The Morgan fingerprint density at radius 1 is 0.879 bits per heavy atom. The number of carbonyl (C=O) groups excluding carboxylic acids is 3. The van der Waals surface area contributed by atoms with E-state index in [1.165, 1.54) is 12.5 Å². The number of nitrogens with one attached hydrogen (secondary N) is 4. The van der Waals surface area contributed by atoms with E-state index in [1.807, 2.05) is 0 Å². The third kappa shape index (κ3) is 10.9. The second-order valence-electron chi connectivity index (χ2n) is 7.63. The summed E-state index contributed by atoms with van der Waals surface area (Å²) in [5.74, 6) is -2.93. The number of imidazole rings is 1. The van der Waals surface area contributed by atoms with Gasteiger partial charge in [-0.05, 0) is 51.6 Å². The number of aromatic amines is 1. The number of aliphatic carboxylic acids is 1. The summed E-state index contributed by atoms with van der Waals surface area (Å²) < 4.78 is 0. The van der Waals surface area contributed by atoms with E-state index in [9.17, 15) is 24.3 Å². The molecule has 1 rings (SSSR count). The minimum absolute atomic E-state index is 0.103. The van der Waals surface area contributed by atoms with Gasteiger partial charge in [0.2, 0.25) is 17.7 Å². The van der Waals surface area contributed by atoms with Crippen molar-refractivity contribution in [2.24, 2.45) is 17.2 Å². The highest BCUT2D eigenvalue weighted by atomic mass is 16.4. The number of amides is 3. The van der Waals surface area contributed by atoms with Crippen molar-refractivity contribution in [3.8, 4) is 0 Å². The van der Waals surface area contributed by atoms with Crippen LogP contribution in [0.3, 0.4) is 0 Å². The normalized spacial score (nSPS) is 13.5. The van der Waals surface area contributed by atoms with E-state index in [-0.39, 0.29) is 25.8 Å². The van der Waals surface area contributed by atoms with Gasteiger partial charge >= 0.3 is 5.97 Å². The van der Waals surface area contributed by atoms with Crippen LogP contribution in [0.25, 0.3) is 0 Å². The fourth-order valence-electron chi connectivity index (χ4n) is 3.14. The van der Waals surface area contributed by atoms with Crippen LogP contribution >= 0.6 is 0 Å². The Kier molecular flexibility index (Phi) is 13.3. The summed E-state index contributed by atoms with van der Waals surface area (Å²) in [5, 5.41) is 17.1. The Bertz CT molecular complexity index is 743. The molecule has 0 aliphatic rings. The average molecular weight is 469 g/mol. The van der Waals surface area contributed by atoms with Gasteiger partial charge in [0, 0.05) is 18.3 Å². The Morgan fingerprint density at radius 2 is 1.45 bits per heavy atom. The summed E-state index contributed by atoms with van der Waals surface area (Å²) in [6.45, 7) is 0.523. The highest BCUT2D eigenvalue weighted by Crippen LogP contribution is 2.07. The Labute approximate surface area is 192 Å². The molecule has 1 heterocycles. The highest BCUT2D eigenvalue weighted by Gasteiger charge is 2.29. The third-order valence-electron chi connectivity index (χ3n) is 4.96. The molecule has 0 saturated carbocycles. The quantitative estimate of drug-likeness (QED) is 0.115. The van der Waals surface area contributed by atoms with Crippen LogP contribution in [0.5, 0.6) is 0 Å². The number of aromatic nitrogens is 2. The summed E-state index contributed by atoms with van der Waals surface area (Å²) in [7, 11) is 0. The van der Waals surface area contributed by atoms with Gasteiger partial charge in [-0.25, -0.2) is 9.78 Å². The molecule has 0 saturated heterocycles. The first kappa shape index (κ1) is 28.0. The van der Waals surface area contributed by atoms with Crippen molar-refractivity contribution in [3.63, 3.8) is 0 Å². The van der Waals surface area contributed by atoms with Crippen molar-refractivity contribution in [1.29, 1.82) is 0 Å². The number of hydrogen-bond acceptors (Lipinski definition) is 8. The van der Waals surface area contributed by atoms with Crippen molar-refractivity contribution >= 4 is 23.7 Å². The lowest BCUT2D eigenvalue weighted by Crippen LogP contribution is -2.56. The maximum absolute atomic E-state index is 13.0. The maximum Gasteiger partial charge on any atom is 0.326 e. The van der Waals surface area contributed by atoms with Crippen molar-refractivity contribution in [1.82, 2.24) is 25.9 Å². The minimum Gasteiger partial charge on any atom is -0.480 e. The van der Waals surface area contributed by atoms with Crippen molar-refractivity contribution < 1.29 is 24.3 Å². The molecule has 1 aromatic rings. The summed E-state index contributed by atoms with van der Waals surface area (Å²) in [4.78, 5) is 56.0. The van der Waals surface area contributed by atoms with Crippen LogP contribution in [0, 0.1) is 0 Å². The Morgan fingerprint density at radius 3 is 1.97 bits per heavy atom. The predicted molar refractivity (Wildman–Crippen MR) is 121 cm³/mol. The second-order valence-corrected chi connectivity index (χ2v) is 7.63. The van der Waals surface area contributed by atoms with Crippen molar-refractivity contribution in [2.75, 3.05) is 19.6 Å². The standard InChI is InChI=1S/C20H36N8O5/c21-7-3-1-5-14(18(30)28-15(20(32)33)6-2-4-8-22)27-19(31)16(26-17(29)10-23)9-13-11-24-12-25-13/h11-12,14-16H,1-10,21-23H2,(H,24,25)(H,26,29)(H,27,31)(H,28,30)(H,32,33). The molecule has 13 heteroatoms. The molecule has 0 radical (unpaired) electrons. The van der Waals surface area contributed by atoms with Crippen molar-refractivity contribution in [2.45, 2.75) is 63.1 Å². The first-order chi connectivity index (χ1) is 15.8. The molecular weight excluding hydrogens is 432 g/mol. The summed E-state index contributed by atoms with van der Waals surface area (Å²) >= 11 is 0. The SMILES string of the molecule is NCCCCC(NC(=O)C(CCCCN)NC(=O)C(Cc1cnc[nH]1)NC(=O)CN)C(=O)O. The number of carboxylic acid groups (broad SMARTS) is 1. The molecule has 0 aromatic carbocycles. The maximum atomic E-state index is 13.0. The summed E-state index contributed by atoms with van der Waals surface area (Å²) in [6, 6.07) is -3.11. The van der Waals surface area contributed by atoms with E-state index in [2.05, 4.69) is 25.9 Å². The van der Waals surface area contributed by atoms with Crippen LogP contribution in [0.4, 0.5) is 0 Å². The summed E-state index contributed by atoms with van der Waals surface area (Å²) in [5.41, 5.74) is 16.9. The van der Waals surface area contributed by atoms with Crippen LogP contribution < -0.4 is 33.2 Å². The average Bonchev–Trinajstić information content (AvgIpc) is 3.30. The zero-order valence-electron chi connectivity index (χ0n) is 18.7. The fraction of sp³-hybridized carbons (Fsp3) is 0.650. The summed E-state index contributed by atoms with van der Waals surface area (Å²) in [6.07, 6.45) is 5.86. The second kappa shape index (κ2) is 15.7. The number of H-pyrrole nitrogens is 1. The minimum atomic E-state index is -1.17. The van der Waals surface area contributed by atoms with E-state index >= 15 is 0 Å². The number of carboxylic acids is 1. The highest BCUT2D eigenvalue weighted by molar-refractivity contribution is 5.93. The smallest absolute Gasteiger partial charge is 0.326 e. The first-order valence-corrected chi connectivity index (χ1v) is 11.0. The molecule has 3 amide bonds. The van der Waals surface area contributed by atoms with Gasteiger partial charge in [-0.15, -0.1) is 0 Å². The molecule has 0 aliphatic heterocycles. The molecule has 1 aromatic heterocycles. The van der Waals surface area contributed by atoms with Crippen LogP contribution in [-0.4, -0.2) is 76.5 Å². The van der Waals surface area contributed by atoms with Gasteiger partial charge in [0.1, 0.15) is 18.1 Å². The van der Waals surface area contributed by atoms with Gasteiger partial charge < -0.3 is 43.2 Å². The van der Waals surface area contributed by atoms with E-state index in [0.717, 1.165) is 0 Å². The Balaban J connectivity index is 2.92. The van der Waals surface area contributed by atoms with Gasteiger partial charge in [-0.3, -0.25) is 14.4 Å². The monoisotopic (exact) mass is 468 g/mol. The molecule has 0 aliphatic carbocycles. The number of nitrogens with zero attached hydrogens (tertiary/aromatic N) is 1. The third-order valence-corrected chi connectivity index (χ3v) is 4.96. The lowest BCUT2D eigenvalue weighted by Gasteiger charge is -2.24. The number of hydrogen-bond donors (Lipinski definition) is 8. The lowest BCUT2D eigenvalue weighted by molar-refractivity contribution is -0.142. The molecule has 0 bridgehead atoms. The molecule has 33 heavy (non-hydrogen) atoms. The van der Waals surface area contributed by atoms with E-state index in [0.29, 0.717) is 44.5 Å². The largest absolute Gasteiger partial charge is 0.480 e. The van der Waals surface area contributed by atoms with Gasteiger partial charge in [0.15, 0.2) is 0 Å². The van der Waals surface area contributed by atoms with Gasteiger partial charge in [0.05, 0.1) is 12.9 Å². The zero-order chi connectivity index (χ0) is 24.6. The molecule has 3 atom stereocenters. The van der Waals surface area contributed by atoms with Crippen LogP contribution in [0.2, 0.25) is 0 Å². The lowest BCUT2D eigenvalue weighted by atomic mass is 10.0. The van der Waals surface area contributed by atoms with Gasteiger partial charge in [0.25, 0.3) is 0 Å². The number of unbranched alkanes of at least 4 members (excludes halogenated alkanes) is 2. The van der Waals surface area contributed by atoms with E-state index in [4.69, 9.17) is 17.2 Å². The molecule has 3 unspecified atom stereocenters. The molecular formula is C20H36N8O5. The molecule has 0 spiro atoms. The molecule has 11 N–H and O–H groups in total. The van der Waals surface area contributed by atoms with Crippen LogP contribution in [-0.2, 0) is 25.6 Å². The van der Waals surface area contributed by atoms with Crippen molar-refractivity contribution in [3.05, 3.63) is 18.2 Å². The van der Waals surface area contributed by atoms with Crippen LogP contribution in [0.15, 0.2) is 12.5 Å². The van der Waals surface area contributed by atoms with Gasteiger partial charge in [-0.1, -0.05) is 0 Å². The number of carbonyl (C=O) groups is 4. The number of rotatable bonds is 17. The molecule has 186 valence electrons. The van der Waals surface area contributed by atoms with Gasteiger partial charge in [-0.2, -0.15) is 0 Å². The Hall–Kier alpha value is -3.03. The predicted octanol–water partition coefficient (Wildman–Crippen LogP) is -2.29. The zero-order valence-corrected chi connectivity index (χ0v) is 18.7. The molecule has 13 nitrogen and oxygen atoms in total. The van der Waals surface area contributed by atoms with E-state index in [1.54, 1.807) is 0 Å². The van der Waals surface area contributed by atoms with E-state index < -0.39 is 41.8 Å². The molecule has 0 fully saturated rings. The number of nitrogens with two attached hydrogens (primary N) is 3. The first-order valence-electron chi connectivity index (χ1n) is 11.0.